The number of likely N-dealkylation sites (N-methyl/N-ethyl adjacent to an activating group) is 1. The molecule has 0 saturated carbocycles. The molecule has 1 fully saturated rings. The zero-order chi connectivity index (χ0) is 23.2. The molecule has 0 radical (unpaired) electrons. The maximum Gasteiger partial charge on any atom is 0.370 e. The maximum absolute atomic E-state index is 14.0. The number of nitrogens with one attached hydrogen (secondary N) is 1. The molecule has 4 rings (SSSR count). The van der Waals surface area contributed by atoms with Crippen LogP contribution in [0.1, 0.15) is 21.1 Å². The van der Waals surface area contributed by atoms with Crippen LogP contribution in [0.2, 0.25) is 0 Å². The van der Waals surface area contributed by atoms with Gasteiger partial charge in [0.1, 0.15) is 11.5 Å². The quantitative estimate of drug-likeness (QED) is 0.486. The van der Waals surface area contributed by atoms with E-state index in [1.54, 1.807) is 0 Å². The lowest BCUT2D eigenvalue weighted by atomic mass is 10.2. The topological polar surface area (TPSA) is 142 Å². The van der Waals surface area contributed by atoms with E-state index >= 15 is 0 Å². The van der Waals surface area contributed by atoms with Crippen molar-refractivity contribution in [2.75, 3.05) is 38.5 Å². The Hall–Kier alpha value is -3.13. The Bertz CT molecular complexity index is 1260. The molecule has 0 bridgehead atoms. The number of primary amides is 1. The fraction of sp³-hybridized carbons (Fsp3) is 0.263. The highest BCUT2D eigenvalue weighted by Gasteiger charge is 2.43. The lowest BCUT2D eigenvalue weighted by Gasteiger charge is -2.28. The zero-order valence-corrected chi connectivity index (χ0v) is 17.6. The number of furan rings is 2. The standard InChI is InChI=1S/C19H18F2N4O6S/c1-24-4-6-25(7-5-24)32(28,29)14-3-2-13(30-14)19(27)23-15-11-8-10(20)9-12(21)16(11)31-17(15)18(22)26/h2-3,8-9H,4-7H2,1H3,(H3-,22,23,26,27,28,29)/p+1. The van der Waals surface area contributed by atoms with E-state index in [9.17, 15) is 27.1 Å². The van der Waals surface area contributed by atoms with Crippen molar-refractivity contribution in [2.45, 2.75) is 5.09 Å². The summed E-state index contributed by atoms with van der Waals surface area (Å²) < 4.78 is 62.8. The Balaban J connectivity index is 1.63. The second-order valence-electron chi connectivity index (χ2n) is 7.24. The molecular weight excluding hydrogens is 450 g/mol. The minimum atomic E-state index is -3.71. The number of piperazine rings is 1. The summed E-state index contributed by atoms with van der Waals surface area (Å²) in [5.41, 5.74) is 4.41. The average Bonchev–Trinajstić information content (AvgIpc) is 3.35. The van der Waals surface area contributed by atoms with Gasteiger partial charge in [-0.1, -0.05) is 4.31 Å². The predicted octanol–water partition coefficient (Wildman–Crippen LogP) is 2.15. The van der Waals surface area contributed by atoms with Crippen molar-refractivity contribution in [3.8, 4) is 0 Å². The number of carbonyl (C=O) groups excluding carboxylic acids is 2. The number of fused-ring (bicyclic) bond motifs is 1. The van der Waals surface area contributed by atoms with E-state index in [0.29, 0.717) is 32.2 Å². The molecule has 2 amide bonds. The van der Waals surface area contributed by atoms with Crippen LogP contribution in [-0.2, 0) is 14.6 Å². The van der Waals surface area contributed by atoms with Crippen LogP contribution in [0, 0.1) is 11.6 Å². The number of benzene rings is 1. The second-order valence-corrected chi connectivity index (χ2v) is 9.15. The number of amides is 2. The summed E-state index contributed by atoms with van der Waals surface area (Å²) in [6.07, 6.45) is 0. The third-order valence-corrected chi connectivity index (χ3v) is 6.86. The van der Waals surface area contributed by atoms with Crippen molar-refractivity contribution < 1.29 is 36.0 Å². The van der Waals surface area contributed by atoms with Crippen LogP contribution < -0.4 is 11.1 Å². The summed E-state index contributed by atoms with van der Waals surface area (Å²) in [7, 11) is -1.82. The van der Waals surface area contributed by atoms with Crippen LogP contribution in [0.4, 0.5) is 14.5 Å². The Kier molecular flexibility index (Phi) is 5.58. The highest BCUT2D eigenvalue weighted by Crippen LogP contribution is 2.34. The summed E-state index contributed by atoms with van der Waals surface area (Å²) in [5.74, 6) is -5.07. The average molecular weight is 469 g/mol. The molecule has 1 aliphatic heterocycles. The first-order valence-electron chi connectivity index (χ1n) is 9.40. The minimum Gasteiger partial charge on any atom is -0.446 e. The van der Waals surface area contributed by atoms with Gasteiger partial charge in [0.25, 0.3) is 11.8 Å². The number of carbonyl (C=O) groups is 2. The molecule has 1 atom stereocenters. The molecule has 10 nitrogen and oxygen atoms in total. The number of nitrogens with two attached hydrogens (primary N) is 1. The van der Waals surface area contributed by atoms with E-state index in [1.165, 1.54) is 16.4 Å². The van der Waals surface area contributed by atoms with Gasteiger partial charge in [-0.2, -0.15) is 4.55 Å². The summed E-state index contributed by atoms with van der Waals surface area (Å²) in [4.78, 5) is 26.4. The summed E-state index contributed by atoms with van der Waals surface area (Å²) in [6.45, 7) is 1.83. The van der Waals surface area contributed by atoms with Gasteiger partial charge in [-0.3, -0.25) is 9.59 Å². The summed E-state index contributed by atoms with van der Waals surface area (Å²) >= 11 is 0. The Morgan fingerprint density at radius 3 is 2.50 bits per heavy atom. The number of anilines is 1. The van der Waals surface area contributed by atoms with E-state index in [2.05, 4.69) is 5.32 Å². The Morgan fingerprint density at radius 2 is 1.84 bits per heavy atom. The van der Waals surface area contributed by atoms with Crippen molar-refractivity contribution in [1.29, 1.82) is 0 Å². The van der Waals surface area contributed by atoms with Crippen molar-refractivity contribution in [2.24, 2.45) is 5.73 Å². The number of rotatable bonds is 5. The first kappa shape index (κ1) is 22.1. The highest BCUT2D eigenvalue weighted by atomic mass is 32.3. The van der Waals surface area contributed by atoms with Crippen molar-refractivity contribution in [3.05, 3.63) is 47.4 Å². The molecule has 32 heavy (non-hydrogen) atoms. The van der Waals surface area contributed by atoms with Gasteiger partial charge in [0.2, 0.25) is 5.76 Å². The van der Waals surface area contributed by atoms with E-state index in [1.807, 2.05) is 11.9 Å². The van der Waals surface area contributed by atoms with Crippen LogP contribution >= 0.6 is 0 Å². The molecular formula is C19H19F2N4O6S+. The molecule has 170 valence electrons. The van der Waals surface area contributed by atoms with Gasteiger partial charge < -0.3 is 24.8 Å². The molecule has 3 aromatic rings. The number of nitrogens with zero attached hydrogens (tertiary/aromatic N) is 2. The normalized spacial score (nSPS) is 17.4. The highest BCUT2D eigenvalue weighted by molar-refractivity contribution is 7.95. The van der Waals surface area contributed by atoms with E-state index in [0.717, 1.165) is 6.07 Å². The van der Waals surface area contributed by atoms with Gasteiger partial charge in [0, 0.05) is 25.2 Å². The van der Waals surface area contributed by atoms with Crippen LogP contribution in [0.5, 0.6) is 0 Å². The van der Waals surface area contributed by atoms with E-state index < -0.39 is 45.2 Å². The Morgan fingerprint density at radius 1 is 1.16 bits per heavy atom. The van der Waals surface area contributed by atoms with Gasteiger partial charge in [-0.05, 0) is 23.4 Å². The van der Waals surface area contributed by atoms with Gasteiger partial charge in [0.05, 0.1) is 18.5 Å². The van der Waals surface area contributed by atoms with Crippen LogP contribution in [-0.4, -0.2) is 58.8 Å². The van der Waals surface area contributed by atoms with Crippen molar-refractivity contribution >= 4 is 38.9 Å². The first-order chi connectivity index (χ1) is 15.1. The van der Waals surface area contributed by atoms with Crippen LogP contribution in [0.3, 0.4) is 0 Å². The lowest BCUT2D eigenvalue weighted by molar-refractivity contribution is 0.0976. The van der Waals surface area contributed by atoms with E-state index in [4.69, 9.17) is 14.6 Å². The fourth-order valence-corrected chi connectivity index (χ4v) is 4.70. The van der Waals surface area contributed by atoms with Gasteiger partial charge in [0.15, 0.2) is 17.2 Å². The van der Waals surface area contributed by atoms with Crippen molar-refractivity contribution in [1.82, 2.24) is 9.21 Å². The predicted molar refractivity (Wildman–Crippen MR) is 109 cm³/mol. The second kappa shape index (κ2) is 8.09. The largest absolute Gasteiger partial charge is 0.446 e. The molecule has 4 N–H and O–H groups in total. The number of halogens is 2. The number of hydrogen-bond acceptors (Lipinski definition) is 6. The molecule has 2 aromatic heterocycles. The van der Waals surface area contributed by atoms with E-state index in [-0.39, 0.29) is 21.9 Å². The molecule has 3 heterocycles. The van der Waals surface area contributed by atoms with Gasteiger partial charge in [-0.25, -0.2) is 8.78 Å². The number of hydrogen-bond donors (Lipinski definition) is 3. The molecule has 1 saturated heterocycles. The molecule has 0 aliphatic carbocycles. The first-order valence-corrected chi connectivity index (χ1v) is 10.9. The van der Waals surface area contributed by atoms with Gasteiger partial charge in [-0.15, -0.1) is 0 Å². The summed E-state index contributed by atoms with van der Waals surface area (Å²) in [6, 6.07) is 3.78. The minimum absolute atomic E-state index is 0.222. The monoisotopic (exact) mass is 469 g/mol. The molecule has 1 aromatic carbocycles. The molecule has 1 aliphatic rings. The van der Waals surface area contributed by atoms with Crippen LogP contribution in [0.15, 0.2) is 38.2 Å². The van der Waals surface area contributed by atoms with Crippen LogP contribution in [0.25, 0.3) is 11.0 Å². The fourth-order valence-electron chi connectivity index (χ4n) is 3.35. The zero-order valence-electron chi connectivity index (χ0n) is 16.8. The SMILES string of the molecule is CN1CCN([S+](=O)(O)c2ccc(C(=O)Nc3c(C(N)=O)oc4c(F)cc(F)cc34)o2)CC1. The molecule has 0 spiro atoms. The third-order valence-electron chi connectivity index (χ3n) is 5.05. The lowest BCUT2D eigenvalue weighted by Crippen LogP contribution is -2.49. The molecule has 13 heteroatoms. The summed E-state index contributed by atoms with van der Waals surface area (Å²) in [5, 5.41) is 1.74. The smallest absolute Gasteiger partial charge is 0.370 e. The van der Waals surface area contributed by atoms with Gasteiger partial charge >= 0.3 is 15.5 Å². The maximum atomic E-state index is 14.0. The Labute approximate surface area is 181 Å². The van der Waals surface area contributed by atoms with Crippen molar-refractivity contribution in [3.63, 3.8) is 0 Å². The molecule has 1 unspecified atom stereocenters. The third kappa shape index (κ3) is 3.90.